The van der Waals surface area contributed by atoms with Gasteiger partial charge in [0, 0.05) is 23.4 Å². The summed E-state index contributed by atoms with van der Waals surface area (Å²) in [4.78, 5) is 5.92. The quantitative estimate of drug-likeness (QED) is 0.900. The summed E-state index contributed by atoms with van der Waals surface area (Å²) in [6.07, 6.45) is 0. The van der Waals surface area contributed by atoms with Crippen molar-refractivity contribution in [2.45, 2.75) is 59.1 Å². The largest absolute Gasteiger partial charge is 0.369 e. The lowest BCUT2D eigenvalue weighted by atomic mass is 9.91. The van der Waals surface area contributed by atoms with Crippen molar-refractivity contribution in [3.8, 4) is 0 Å². The van der Waals surface area contributed by atoms with E-state index in [1.807, 2.05) is 6.92 Å². The first-order valence-electron chi connectivity index (χ1n) is 6.07. The third-order valence-corrected chi connectivity index (χ3v) is 4.00. The number of rotatable bonds is 4. The Balaban J connectivity index is 3.17. The molecule has 0 saturated heterocycles. The van der Waals surface area contributed by atoms with Gasteiger partial charge in [-0.1, -0.05) is 20.8 Å². The predicted octanol–water partition coefficient (Wildman–Crippen LogP) is 3.17. The smallest absolute Gasteiger partial charge is 0.125 e. The molecule has 3 nitrogen and oxygen atoms in total. The highest BCUT2D eigenvalue weighted by molar-refractivity contribution is 7.11. The minimum atomic E-state index is -0.327. The topological polar surface area (TPSA) is 48.1 Å². The molecule has 0 atom stereocenters. The first-order valence-corrected chi connectivity index (χ1v) is 6.88. The Morgan fingerprint density at radius 3 is 2.18 bits per heavy atom. The maximum Gasteiger partial charge on any atom is 0.125 e. The molecule has 1 heterocycles. The van der Waals surface area contributed by atoms with Gasteiger partial charge in [0.15, 0.2) is 0 Å². The van der Waals surface area contributed by atoms with E-state index in [0.717, 1.165) is 10.7 Å². The second kappa shape index (κ2) is 5.04. The Kier molecular flexibility index (Phi) is 4.33. The normalized spacial score (nSPS) is 13.1. The monoisotopic (exact) mass is 256 g/mol. The molecular formula is C13H24N2OS. The van der Waals surface area contributed by atoms with Crippen molar-refractivity contribution in [3.05, 3.63) is 15.6 Å². The Labute approximate surface area is 108 Å². The van der Waals surface area contributed by atoms with Crippen LogP contribution in [0.25, 0.3) is 0 Å². The van der Waals surface area contributed by atoms with Crippen molar-refractivity contribution >= 4 is 11.3 Å². The van der Waals surface area contributed by atoms with Crippen LogP contribution < -0.4 is 5.73 Å². The van der Waals surface area contributed by atoms with Gasteiger partial charge in [0.05, 0.1) is 5.69 Å². The minimum absolute atomic E-state index is 0.0335. The molecule has 0 bridgehead atoms. The SMILES string of the molecule is CCOC(C)(C)c1nc(C(C)(C)C)c(CN)s1. The number of hydrogen-bond acceptors (Lipinski definition) is 4. The molecule has 0 amide bonds. The Morgan fingerprint density at radius 2 is 1.82 bits per heavy atom. The molecule has 0 fully saturated rings. The van der Waals surface area contributed by atoms with E-state index in [4.69, 9.17) is 15.5 Å². The fraction of sp³-hybridized carbons (Fsp3) is 0.769. The van der Waals surface area contributed by atoms with E-state index in [0.29, 0.717) is 13.2 Å². The van der Waals surface area contributed by atoms with E-state index >= 15 is 0 Å². The summed E-state index contributed by atoms with van der Waals surface area (Å²) in [7, 11) is 0. The number of thiazole rings is 1. The van der Waals surface area contributed by atoms with Crippen LogP contribution >= 0.6 is 11.3 Å². The summed E-state index contributed by atoms with van der Waals surface area (Å²) >= 11 is 1.67. The Bertz CT molecular complexity index is 377. The number of ether oxygens (including phenoxy) is 1. The van der Waals surface area contributed by atoms with Gasteiger partial charge in [-0.05, 0) is 20.8 Å². The van der Waals surface area contributed by atoms with Crippen molar-refractivity contribution in [1.29, 1.82) is 0 Å². The van der Waals surface area contributed by atoms with Crippen molar-refractivity contribution in [3.63, 3.8) is 0 Å². The van der Waals surface area contributed by atoms with E-state index in [2.05, 4.69) is 34.6 Å². The highest BCUT2D eigenvalue weighted by Crippen LogP contribution is 2.35. The summed E-state index contributed by atoms with van der Waals surface area (Å²) in [6.45, 7) is 13.9. The van der Waals surface area contributed by atoms with E-state index < -0.39 is 0 Å². The standard InChI is InChI=1S/C13H24N2OS/c1-7-16-13(5,6)11-15-10(12(2,3)4)9(8-14)17-11/h7-8,14H2,1-6H3. The molecule has 0 aliphatic rings. The van der Waals surface area contributed by atoms with Crippen molar-refractivity contribution in [2.75, 3.05) is 6.61 Å². The van der Waals surface area contributed by atoms with Gasteiger partial charge < -0.3 is 10.5 Å². The van der Waals surface area contributed by atoms with Gasteiger partial charge >= 0.3 is 0 Å². The van der Waals surface area contributed by atoms with E-state index in [1.54, 1.807) is 11.3 Å². The summed E-state index contributed by atoms with van der Waals surface area (Å²) in [5, 5.41) is 1.02. The fourth-order valence-electron chi connectivity index (χ4n) is 1.76. The van der Waals surface area contributed by atoms with Gasteiger partial charge in [-0.2, -0.15) is 0 Å². The molecule has 1 rings (SSSR count). The predicted molar refractivity (Wildman–Crippen MR) is 73.4 cm³/mol. The van der Waals surface area contributed by atoms with Crippen LogP contribution in [0, 0.1) is 0 Å². The first kappa shape index (κ1) is 14.6. The van der Waals surface area contributed by atoms with Gasteiger partial charge in [-0.15, -0.1) is 11.3 Å². The fourth-order valence-corrected chi connectivity index (χ4v) is 2.96. The third-order valence-electron chi connectivity index (χ3n) is 2.61. The Morgan fingerprint density at radius 1 is 1.24 bits per heavy atom. The summed E-state index contributed by atoms with van der Waals surface area (Å²) in [5.41, 5.74) is 6.62. The van der Waals surface area contributed by atoms with Crippen molar-refractivity contribution in [2.24, 2.45) is 5.73 Å². The lowest BCUT2D eigenvalue weighted by molar-refractivity contribution is -0.0143. The molecule has 0 radical (unpaired) electrons. The van der Waals surface area contributed by atoms with Crippen molar-refractivity contribution in [1.82, 2.24) is 4.98 Å². The second-order valence-corrected chi connectivity index (χ2v) is 6.77. The molecule has 0 aliphatic carbocycles. The molecule has 1 aromatic heterocycles. The number of aromatic nitrogens is 1. The number of nitrogens with two attached hydrogens (primary N) is 1. The molecule has 0 unspecified atom stereocenters. The van der Waals surface area contributed by atoms with E-state index in [1.165, 1.54) is 4.88 Å². The van der Waals surface area contributed by atoms with Crippen LogP contribution in [0.1, 0.15) is 57.1 Å². The van der Waals surface area contributed by atoms with Gasteiger partial charge in [0.2, 0.25) is 0 Å². The van der Waals surface area contributed by atoms with Gasteiger partial charge in [0.25, 0.3) is 0 Å². The van der Waals surface area contributed by atoms with Crippen LogP contribution in [0.5, 0.6) is 0 Å². The van der Waals surface area contributed by atoms with Crippen LogP contribution in [-0.2, 0) is 22.3 Å². The third kappa shape index (κ3) is 3.27. The summed E-state index contributed by atoms with van der Waals surface area (Å²) in [6, 6.07) is 0. The maximum atomic E-state index is 5.81. The minimum Gasteiger partial charge on any atom is -0.369 e. The highest BCUT2D eigenvalue weighted by Gasteiger charge is 2.30. The molecule has 1 aromatic rings. The molecule has 17 heavy (non-hydrogen) atoms. The lowest BCUT2D eigenvalue weighted by Gasteiger charge is -2.22. The molecule has 98 valence electrons. The summed E-state index contributed by atoms with van der Waals surface area (Å²) in [5.74, 6) is 0. The molecule has 0 spiro atoms. The Hall–Kier alpha value is -0.450. The zero-order chi connectivity index (χ0) is 13.3. The van der Waals surface area contributed by atoms with E-state index in [-0.39, 0.29) is 11.0 Å². The average molecular weight is 256 g/mol. The van der Waals surface area contributed by atoms with Gasteiger partial charge in [-0.25, -0.2) is 4.98 Å². The van der Waals surface area contributed by atoms with Crippen LogP contribution in [0.3, 0.4) is 0 Å². The van der Waals surface area contributed by atoms with Crippen molar-refractivity contribution < 1.29 is 4.74 Å². The molecular weight excluding hydrogens is 232 g/mol. The van der Waals surface area contributed by atoms with Crippen LogP contribution in [-0.4, -0.2) is 11.6 Å². The van der Waals surface area contributed by atoms with Crippen LogP contribution in [0.15, 0.2) is 0 Å². The molecule has 2 N–H and O–H groups in total. The van der Waals surface area contributed by atoms with Gasteiger partial charge in [-0.3, -0.25) is 0 Å². The molecule has 0 aromatic carbocycles. The second-order valence-electron chi connectivity index (χ2n) is 5.69. The number of nitrogens with zero attached hydrogens (tertiary/aromatic N) is 1. The van der Waals surface area contributed by atoms with Gasteiger partial charge in [0.1, 0.15) is 10.6 Å². The zero-order valence-corrected chi connectivity index (χ0v) is 12.6. The molecule has 0 aliphatic heterocycles. The van der Waals surface area contributed by atoms with Crippen LogP contribution in [0.4, 0.5) is 0 Å². The summed E-state index contributed by atoms with van der Waals surface area (Å²) < 4.78 is 5.75. The first-order chi connectivity index (χ1) is 7.72. The maximum absolute atomic E-state index is 5.81. The average Bonchev–Trinajstić information content (AvgIpc) is 2.61. The lowest BCUT2D eigenvalue weighted by Crippen LogP contribution is -2.22. The zero-order valence-electron chi connectivity index (χ0n) is 11.8. The molecule has 0 saturated carbocycles. The number of hydrogen-bond donors (Lipinski definition) is 1. The van der Waals surface area contributed by atoms with E-state index in [9.17, 15) is 0 Å². The van der Waals surface area contributed by atoms with Crippen LogP contribution in [0.2, 0.25) is 0 Å². The molecule has 4 heteroatoms. The highest BCUT2D eigenvalue weighted by atomic mass is 32.1.